The third-order valence-corrected chi connectivity index (χ3v) is 29.7. The van der Waals surface area contributed by atoms with Crippen LogP contribution in [0, 0.1) is 128 Å². The molecule has 14 aliphatic carbocycles. The molecule has 7 N–H and O–H groups in total. The standard InChI is InChI=1S/C78H93NO9/c1-44(49-12-3-4-13-49)51-19-21-63-70(83)73-28-25-58-57-18-8-16-53-38-74-41-72(26-23-48(37-72)31-46-10-5-9-45(29-46)30-47-11-6-15-52(32-47)56(57)20-22-62(58)73)27-24-50-14-7-17-54(40-80)59(50)35-65(79-2)60-33-55(67(74)61-36-66(82)88-68(60)61)39-76(74,85)78(87)69(53)75(42-73,43-81)77(63,86)64(34-51)71(78)84/h5-7,9-11,14-15,17,29,32,36,43-44,48-49,51,53,55-58,60,62-65,67-71,79-80,83-87H,3-4,12-13,18-23,25-26,28,30-31,33-35,37-42H2,1-2H3/t44-,48-,51+,53-,55+,56-,57+,58+,60-,62-,63-,64-,65-,67+,68+,69+,70+,71+,72-,73+,74-,75+,76+,77+,78+/m0/s1. The Morgan fingerprint density at radius 2 is 1.57 bits per heavy atom. The molecule has 25 atom stereocenters. The van der Waals surface area contributed by atoms with Crippen LogP contribution in [0.3, 0.4) is 0 Å². The monoisotopic (exact) mass is 1190 g/mol. The molecule has 16 bridgehead atoms. The van der Waals surface area contributed by atoms with Crippen molar-refractivity contribution in [3.63, 3.8) is 0 Å². The Labute approximate surface area is 520 Å². The Morgan fingerprint density at radius 3 is 2.39 bits per heavy atom. The van der Waals surface area contributed by atoms with Gasteiger partial charge in [-0.1, -0.05) is 111 Å². The van der Waals surface area contributed by atoms with Crippen molar-refractivity contribution in [1.29, 1.82) is 0 Å². The molecule has 88 heavy (non-hydrogen) atoms. The molecule has 15 aliphatic rings. The highest BCUT2D eigenvalue weighted by atomic mass is 16.5. The van der Waals surface area contributed by atoms with Gasteiger partial charge in [-0.05, 0) is 227 Å². The lowest BCUT2D eigenvalue weighted by Crippen LogP contribution is -2.88. The van der Waals surface area contributed by atoms with Gasteiger partial charge in [-0.15, -0.1) is 5.92 Å². The maximum Gasteiger partial charge on any atom is 0.331 e. The average Bonchev–Trinajstić information content (AvgIpc) is 1.14. The van der Waals surface area contributed by atoms with Crippen molar-refractivity contribution in [2.45, 2.75) is 208 Å². The Bertz CT molecular complexity index is 3530. The summed E-state index contributed by atoms with van der Waals surface area (Å²) >= 11 is 0. The van der Waals surface area contributed by atoms with Crippen LogP contribution in [-0.4, -0.2) is 91.1 Å². The van der Waals surface area contributed by atoms with Crippen molar-refractivity contribution in [3.05, 3.63) is 117 Å². The second-order valence-corrected chi connectivity index (χ2v) is 32.6. The number of carbonyl (C=O) groups excluding carboxylic acids is 2. The number of nitrogens with one attached hydrogen (secondary N) is 1. The summed E-state index contributed by atoms with van der Waals surface area (Å²) in [5.41, 5.74) is -2.27. The minimum Gasteiger partial charge on any atom is -0.454 e. The first-order chi connectivity index (χ1) is 42.5. The van der Waals surface area contributed by atoms with Crippen LogP contribution < -0.4 is 5.32 Å². The lowest BCUT2D eigenvalue weighted by molar-refractivity contribution is -0.392. The van der Waals surface area contributed by atoms with E-state index < -0.39 is 92.3 Å². The maximum atomic E-state index is 16.0. The molecule has 10 fully saturated rings. The molecule has 10 nitrogen and oxygen atoms in total. The lowest BCUT2D eigenvalue weighted by atomic mass is 9.30. The highest BCUT2D eigenvalue weighted by Gasteiger charge is 2.89. The first kappa shape index (κ1) is 57.3. The van der Waals surface area contributed by atoms with E-state index in [0.717, 1.165) is 92.8 Å². The van der Waals surface area contributed by atoms with Gasteiger partial charge in [-0.25, -0.2) is 4.79 Å². The summed E-state index contributed by atoms with van der Waals surface area (Å²) in [6.07, 6.45) is 15.6. The summed E-state index contributed by atoms with van der Waals surface area (Å²) < 4.78 is 6.65. The number of hydrogen-bond donors (Lipinski definition) is 7. The lowest BCUT2D eigenvalue weighted by Gasteiger charge is -2.76. The van der Waals surface area contributed by atoms with Gasteiger partial charge in [0.05, 0.1) is 29.8 Å². The van der Waals surface area contributed by atoms with E-state index in [-0.39, 0.29) is 85.2 Å². The third-order valence-electron chi connectivity index (χ3n) is 29.7. The number of esters is 1. The molecule has 0 saturated heterocycles. The first-order valence-corrected chi connectivity index (χ1v) is 35.0. The van der Waals surface area contributed by atoms with Crippen LogP contribution in [0.1, 0.15) is 180 Å². The smallest absolute Gasteiger partial charge is 0.331 e. The highest BCUT2D eigenvalue weighted by molar-refractivity contribution is 5.86. The molecule has 3 aromatic rings. The van der Waals surface area contributed by atoms with Crippen LogP contribution >= 0.6 is 0 Å². The molecule has 0 aromatic heterocycles. The Morgan fingerprint density at radius 1 is 0.773 bits per heavy atom. The second kappa shape index (κ2) is 20.2. The van der Waals surface area contributed by atoms with Crippen LogP contribution in [0.2, 0.25) is 0 Å². The minimum absolute atomic E-state index is 0.0358. The number of benzene rings is 3. The number of carbonyl (C=O) groups is 2. The van der Waals surface area contributed by atoms with E-state index in [9.17, 15) is 20.1 Å². The van der Waals surface area contributed by atoms with Crippen LogP contribution in [0.4, 0.5) is 0 Å². The van der Waals surface area contributed by atoms with E-state index in [2.05, 4.69) is 90.5 Å². The van der Waals surface area contributed by atoms with Crippen molar-refractivity contribution >= 4 is 12.3 Å². The van der Waals surface area contributed by atoms with Gasteiger partial charge in [0, 0.05) is 69.9 Å². The van der Waals surface area contributed by atoms with Gasteiger partial charge in [0.2, 0.25) is 0 Å². The van der Waals surface area contributed by atoms with Gasteiger partial charge < -0.3 is 45.5 Å². The summed E-state index contributed by atoms with van der Waals surface area (Å²) in [7, 11) is 1.96. The molecule has 1 aliphatic heterocycles. The van der Waals surface area contributed by atoms with E-state index in [0.29, 0.717) is 57.3 Å². The zero-order chi connectivity index (χ0) is 60.1. The van der Waals surface area contributed by atoms with Gasteiger partial charge in [0.25, 0.3) is 0 Å². The fraction of sp³-hybridized carbons (Fsp3) is 0.667. The van der Waals surface area contributed by atoms with Crippen molar-refractivity contribution < 1.29 is 45.0 Å². The molecule has 10 saturated carbocycles. The number of aldehydes is 1. The molecule has 10 heteroatoms. The molecule has 3 aromatic carbocycles. The normalized spacial score (nSPS) is 48.3. The number of rotatable bonds is 5. The summed E-state index contributed by atoms with van der Waals surface area (Å²) in [6.45, 7) is 2.21. The third kappa shape index (κ3) is 7.58. The second-order valence-electron chi connectivity index (χ2n) is 32.6. The number of likely N-dealkylation sites (N-methyl/N-ethyl adjacent to an activating group) is 1. The summed E-state index contributed by atoms with van der Waals surface area (Å²) in [6, 6.07) is 24.3. The molecule has 0 amide bonds. The Kier molecular flexibility index (Phi) is 13.1. The summed E-state index contributed by atoms with van der Waals surface area (Å²) in [4.78, 5) is 30.5. The number of fused-ring (bicyclic) bond motifs is 9. The Balaban J connectivity index is 0.953. The predicted octanol–water partition coefficient (Wildman–Crippen LogP) is 10.1. The van der Waals surface area contributed by atoms with Crippen molar-refractivity contribution in [2.75, 3.05) is 7.05 Å². The van der Waals surface area contributed by atoms with Crippen molar-refractivity contribution in [3.8, 4) is 23.7 Å². The molecular formula is C78H93NO9. The SMILES string of the molecule is CN[C@H]1Cc2c(cccc2CO)C#C[C@]23CC[C@@H](Cc4cccc(c4)Cc4cccc(c4)[C@@H]4CC[C@H]5[C@@H]6CC[C@@]57C[C@@]5(C=O)[C@H]8[C@@H](C#CC[C@@H]64)C[C@]4(C2)[C@H]2C6=CC(=O)O[C@@H]6[C@H]1C[C@@H]2C[C@]4(O)[C@]8(O)[C@H](O)[C@@H]1C[C@H]([C@@H](C)C2CCCC2)CC[C@@H]([C@H]7O)[C@@]15O)C3. The van der Waals surface area contributed by atoms with E-state index in [1.54, 1.807) is 6.08 Å². The topological polar surface area (TPSA) is 177 Å². The fourth-order valence-electron chi connectivity index (χ4n) is 26.5. The van der Waals surface area contributed by atoms with Gasteiger partial charge in [0.15, 0.2) is 0 Å². The zero-order valence-electron chi connectivity index (χ0n) is 51.9. The van der Waals surface area contributed by atoms with Crippen molar-refractivity contribution in [1.82, 2.24) is 5.32 Å². The van der Waals surface area contributed by atoms with Gasteiger partial charge >= 0.3 is 5.97 Å². The molecule has 3 spiro atoms. The van der Waals surface area contributed by atoms with E-state index in [1.165, 1.54) is 35.1 Å². The van der Waals surface area contributed by atoms with Gasteiger partial charge in [0.1, 0.15) is 23.6 Å². The quantitative estimate of drug-likeness (QED) is 0.0740. The molecule has 464 valence electrons. The molecule has 0 radical (unpaired) electrons. The predicted molar refractivity (Wildman–Crippen MR) is 333 cm³/mol. The van der Waals surface area contributed by atoms with E-state index in [1.807, 2.05) is 19.2 Å². The van der Waals surface area contributed by atoms with Crippen LogP contribution in [0.15, 0.2) is 78.4 Å². The van der Waals surface area contributed by atoms with Crippen LogP contribution in [-0.2, 0) is 40.2 Å². The number of hydrogen-bond acceptors (Lipinski definition) is 10. The molecule has 1 heterocycles. The minimum atomic E-state index is -2.40. The van der Waals surface area contributed by atoms with Gasteiger partial charge in [-0.3, -0.25) is 0 Å². The number of aliphatic hydroxyl groups is 6. The van der Waals surface area contributed by atoms with Crippen LogP contribution in [0.5, 0.6) is 0 Å². The molecular weight excluding hydrogens is 1090 g/mol. The van der Waals surface area contributed by atoms with Crippen LogP contribution in [0.25, 0.3) is 0 Å². The maximum absolute atomic E-state index is 16.0. The van der Waals surface area contributed by atoms with E-state index in [4.69, 9.17) is 4.74 Å². The zero-order valence-corrected chi connectivity index (χ0v) is 51.9. The van der Waals surface area contributed by atoms with E-state index >= 15 is 20.1 Å². The summed E-state index contributed by atoms with van der Waals surface area (Å²) in [5, 5.41) is 90.0. The Hall–Kier alpha value is -4.62. The summed E-state index contributed by atoms with van der Waals surface area (Å²) in [5.74, 6) is 12.2. The number of ether oxygens (including phenoxy) is 1. The number of aliphatic hydroxyl groups excluding tert-OH is 3. The molecule has 0 unspecified atom stereocenters. The largest absolute Gasteiger partial charge is 0.454 e. The highest BCUT2D eigenvalue weighted by Crippen LogP contribution is 2.82. The van der Waals surface area contributed by atoms with Crippen molar-refractivity contribution in [2.24, 2.45) is 105 Å². The van der Waals surface area contributed by atoms with Gasteiger partial charge in [-0.2, -0.15) is 0 Å². The fourth-order valence-corrected chi connectivity index (χ4v) is 26.5. The first-order valence-electron chi connectivity index (χ1n) is 35.0. The molecule has 18 rings (SSSR count). The average molecular weight is 1190 g/mol.